The molecular weight excluding hydrogens is 292 g/mol. The molecule has 2 amide bonds. The molecule has 0 aromatic heterocycles. The van der Waals surface area contributed by atoms with Crippen molar-refractivity contribution >= 4 is 17.4 Å². The van der Waals surface area contributed by atoms with Crippen LogP contribution in [0.1, 0.15) is 18.1 Å². The molecular formula is C18H22N2O3. The van der Waals surface area contributed by atoms with Gasteiger partial charge in [-0.05, 0) is 24.5 Å². The number of carbonyl (C=O) groups excluding carboxylic acids is 1. The van der Waals surface area contributed by atoms with Crippen molar-refractivity contribution in [3.05, 3.63) is 47.5 Å². The normalized spacial score (nSPS) is 10.1. The van der Waals surface area contributed by atoms with Crippen molar-refractivity contribution in [2.45, 2.75) is 20.3 Å². The molecule has 0 atom stereocenters. The first-order chi connectivity index (χ1) is 11.1. The Bertz CT molecular complexity index is 676. The van der Waals surface area contributed by atoms with Gasteiger partial charge >= 0.3 is 6.03 Å². The number of methoxy groups -OCH3 is 2. The van der Waals surface area contributed by atoms with Gasteiger partial charge < -0.3 is 20.1 Å². The highest BCUT2D eigenvalue weighted by atomic mass is 16.5. The number of urea groups is 1. The van der Waals surface area contributed by atoms with Crippen molar-refractivity contribution in [3.63, 3.8) is 0 Å². The molecule has 2 rings (SSSR count). The maximum atomic E-state index is 12.3. The van der Waals surface area contributed by atoms with Crippen LogP contribution in [-0.2, 0) is 6.42 Å². The molecule has 0 radical (unpaired) electrons. The van der Waals surface area contributed by atoms with Crippen LogP contribution in [0.3, 0.4) is 0 Å². The second-order valence-corrected chi connectivity index (χ2v) is 5.14. The fraction of sp³-hybridized carbons (Fsp3) is 0.278. The molecule has 2 N–H and O–H groups in total. The molecule has 0 fully saturated rings. The van der Waals surface area contributed by atoms with Crippen LogP contribution in [0.4, 0.5) is 16.2 Å². The standard InChI is InChI=1S/C18H22N2O3/c1-5-13-8-6-7-12(2)17(13)20-18(21)19-14-9-15(22-3)11-16(10-14)23-4/h6-11H,5H2,1-4H3,(H2,19,20,21). The van der Waals surface area contributed by atoms with Crippen molar-refractivity contribution in [2.75, 3.05) is 24.9 Å². The van der Waals surface area contributed by atoms with Crippen LogP contribution in [0.2, 0.25) is 0 Å². The van der Waals surface area contributed by atoms with Crippen LogP contribution >= 0.6 is 0 Å². The average molecular weight is 314 g/mol. The smallest absolute Gasteiger partial charge is 0.323 e. The van der Waals surface area contributed by atoms with Crippen LogP contribution in [-0.4, -0.2) is 20.3 Å². The summed E-state index contributed by atoms with van der Waals surface area (Å²) in [6.07, 6.45) is 0.851. The van der Waals surface area contributed by atoms with Gasteiger partial charge in [0.25, 0.3) is 0 Å². The molecule has 2 aromatic rings. The number of rotatable bonds is 5. The number of carbonyl (C=O) groups is 1. The number of hydrogen-bond acceptors (Lipinski definition) is 3. The average Bonchev–Trinajstić information content (AvgIpc) is 2.56. The summed E-state index contributed by atoms with van der Waals surface area (Å²) in [5.74, 6) is 1.23. The lowest BCUT2D eigenvalue weighted by Crippen LogP contribution is -2.21. The van der Waals surface area contributed by atoms with Crippen LogP contribution < -0.4 is 20.1 Å². The molecule has 0 aliphatic rings. The first kappa shape index (κ1) is 16.7. The predicted molar refractivity (Wildman–Crippen MR) is 92.7 cm³/mol. The van der Waals surface area contributed by atoms with E-state index in [0.29, 0.717) is 17.2 Å². The molecule has 0 spiro atoms. The van der Waals surface area contributed by atoms with Crippen LogP contribution in [0, 0.1) is 6.92 Å². The SMILES string of the molecule is CCc1cccc(C)c1NC(=O)Nc1cc(OC)cc(OC)c1. The monoisotopic (exact) mass is 314 g/mol. The van der Waals surface area contributed by atoms with Crippen LogP contribution in [0.25, 0.3) is 0 Å². The number of nitrogens with one attached hydrogen (secondary N) is 2. The summed E-state index contributed by atoms with van der Waals surface area (Å²) < 4.78 is 10.4. The van der Waals surface area contributed by atoms with Gasteiger partial charge in [-0.1, -0.05) is 25.1 Å². The van der Waals surface area contributed by atoms with E-state index in [9.17, 15) is 4.79 Å². The van der Waals surface area contributed by atoms with Gasteiger partial charge in [-0.2, -0.15) is 0 Å². The van der Waals surface area contributed by atoms with Gasteiger partial charge in [0.2, 0.25) is 0 Å². The quantitative estimate of drug-likeness (QED) is 0.868. The molecule has 5 nitrogen and oxygen atoms in total. The van der Waals surface area contributed by atoms with E-state index >= 15 is 0 Å². The van der Waals surface area contributed by atoms with Gasteiger partial charge in [-0.15, -0.1) is 0 Å². The van der Waals surface area contributed by atoms with Crippen LogP contribution in [0.5, 0.6) is 11.5 Å². The number of ether oxygens (including phenoxy) is 2. The zero-order chi connectivity index (χ0) is 16.8. The highest BCUT2D eigenvalue weighted by Crippen LogP contribution is 2.26. The van der Waals surface area contributed by atoms with E-state index in [2.05, 4.69) is 17.6 Å². The Hall–Kier alpha value is -2.69. The summed E-state index contributed by atoms with van der Waals surface area (Å²) >= 11 is 0. The van der Waals surface area contributed by atoms with E-state index in [1.165, 1.54) is 0 Å². The summed E-state index contributed by atoms with van der Waals surface area (Å²) in [6.45, 7) is 4.04. The first-order valence-electron chi connectivity index (χ1n) is 7.47. The molecule has 0 bridgehead atoms. The molecule has 2 aromatic carbocycles. The third-order valence-electron chi connectivity index (χ3n) is 3.59. The maximum Gasteiger partial charge on any atom is 0.323 e. The Labute approximate surface area is 136 Å². The molecule has 0 saturated carbocycles. The number of amides is 2. The van der Waals surface area contributed by atoms with Crippen LogP contribution in [0.15, 0.2) is 36.4 Å². The summed E-state index contributed by atoms with van der Waals surface area (Å²) in [4.78, 5) is 12.3. The zero-order valence-electron chi connectivity index (χ0n) is 13.9. The van der Waals surface area contributed by atoms with E-state index in [0.717, 1.165) is 23.2 Å². The number of hydrogen-bond donors (Lipinski definition) is 2. The zero-order valence-corrected chi connectivity index (χ0v) is 13.9. The fourth-order valence-corrected chi connectivity index (χ4v) is 2.36. The van der Waals surface area contributed by atoms with Gasteiger partial charge in [0.1, 0.15) is 11.5 Å². The minimum atomic E-state index is -0.302. The number of benzene rings is 2. The van der Waals surface area contributed by atoms with Crippen molar-refractivity contribution in [1.82, 2.24) is 0 Å². The second-order valence-electron chi connectivity index (χ2n) is 5.14. The Morgan fingerprint density at radius 2 is 1.70 bits per heavy atom. The van der Waals surface area contributed by atoms with Gasteiger partial charge in [0.15, 0.2) is 0 Å². The van der Waals surface area contributed by atoms with Gasteiger partial charge in [0, 0.05) is 29.6 Å². The Morgan fingerprint density at radius 1 is 1.04 bits per heavy atom. The molecule has 122 valence electrons. The largest absolute Gasteiger partial charge is 0.497 e. The molecule has 0 aliphatic heterocycles. The Morgan fingerprint density at radius 3 is 2.26 bits per heavy atom. The minimum Gasteiger partial charge on any atom is -0.497 e. The highest BCUT2D eigenvalue weighted by Gasteiger charge is 2.10. The minimum absolute atomic E-state index is 0.302. The number of para-hydroxylation sites is 1. The fourth-order valence-electron chi connectivity index (χ4n) is 2.36. The Balaban J connectivity index is 2.17. The van der Waals surface area contributed by atoms with Crippen molar-refractivity contribution < 1.29 is 14.3 Å². The maximum absolute atomic E-state index is 12.3. The van der Waals surface area contributed by atoms with E-state index < -0.39 is 0 Å². The van der Waals surface area contributed by atoms with E-state index in [1.54, 1.807) is 32.4 Å². The molecule has 5 heteroatoms. The number of anilines is 2. The summed E-state index contributed by atoms with van der Waals surface area (Å²) in [6, 6.07) is 10.9. The van der Waals surface area contributed by atoms with Gasteiger partial charge in [-0.3, -0.25) is 0 Å². The third kappa shape index (κ3) is 4.16. The van der Waals surface area contributed by atoms with Crippen molar-refractivity contribution in [3.8, 4) is 11.5 Å². The summed E-state index contributed by atoms with van der Waals surface area (Å²) in [5, 5.41) is 5.73. The molecule has 0 aliphatic carbocycles. The molecule has 0 unspecified atom stereocenters. The lowest BCUT2D eigenvalue weighted by molar-refractivity contribution is 0.262. The van der Waals surface area contributed by atoms with Crippen molar-refractivity contribution in [1.29, 1.82) is 0 Å². The second kappa shape index (κ2) is 7.54. The van der Waals surface area contributed by atoms with E-state index in [4.69, 9.17) is 9.47 Å². The summed E-state index contributed by atoms with van der Waals surface area (Å²) in [5.41, 5.74) is 3.58. The molecule has 0 saturated heterocycles. The highest BCUT2D eigenvalue weighted by molar-refractivity contribution is 6.01. The van der Waals surface area contributed by atoms with Gasteiger partial charge in [-0.25, -0.2) is 4.79 Å². The lowest BCUT2D eigenvalue weighted by Gasteiger charge is -2.14. The first-order valence-corrected chi connectivity index (χ1v) is 7.47. The number of aryl methyl sites for hydroxylation is 2. The Kier molecular flexibility index (Phi) is 5.46. The molecule has 0 heterocycles. The summed E-state index contributed by atoms with van der Waals surface area (Å²) in [7, 11) is 3.14. The predicted octanol–water partition coefficient (Wildman–Crippen LogP) is 4.22. The van der Waals surface area contributed by atoms with E-state index in [1.807, 2.05) is 25.1 Å². The lowest BCUT2D eigenvalue weighted by atomic mass is 10.1. The third-order valence-corrected chi connectivity index (χ3v) is 3.59. The molecule has 23 heavy (non-hydrogen) atoms. The van der Waals surface area contributed by atoms with E-state index in [-0.39, 0.29) is 6.03 Å². The topological polar surface area (TPSA) is 59.6 Å². The van der Waals surface area contributed by atoms with Crippen molar-refractivity contribution in [2.24, 2.45) is 0 Å². The van der Waals surface area contributed by atoms with Gasteiger partial charge in [0.05, 0.1) is 14.2 Å².